The van der Waals surface area contributed by atoms with Crippen molar-refractivity contribution in [3.05, 3.63) is 81.9 Å². The maximum atomic E-state index is 12.6. The van der Waals surface area contributed by atoms with Crippen LogP contribution in [0.2, 0.25) is 5.02 Å². The third-order valence-corrected chi connectivity index (χ3v) is 4.27. The lowest BCUT2D eigenvalue weighted by molar-refractivity contribution is -0.384. The largest absolute Gasteiger partial charge is 0.492 e. The molecular weight excluding hydrogens is 384 g/mol. The molecule has 28 heavy (non-hydrogen) atoms. The summed E-state index contributed by atoms with van der Waals surface area (Å²) < 4.78 is 7.10. The Morgan fingerprint density at radius 3 is 2.82 bits per heavy atom. The molecule has 3 aromatic rings. The first-order chi connectivity index (χ1) is 13.5. The SMILES string of the molecule is CN(CCOc1cccc(Cl)c1)C(=O)c1ccc(-n2ccnc2)c([N+](=O)[O-])c1. The van der Waals surface area contributed by atoms with Crippen LogP contribution in [0.5, 0.6) is 5.75 Å². The first kappa shape index (κ1) is 19.4. The van der Waals surface area contributed by atoms with Crippen LogP contribution in [0.15, 0.2) is 61.2 Å². The first-order valence-electron chi connectivity index (χ1n) is 8.36. The van der Waals surface area contributed by atoms with Gasteiger partial charge in [-0.15, -0.1) is 0 Å². The molecule has 0 radical (unpaired) electrons. The van der Waals surface area contributed by atoms with Crippen molar-refractivity contribution in [2.45, 2.75) is 0 Å². The molecule has 0 spiro atoms. The van der Waals surface area contributed by atoms with E-state index in [0.29, 0.717) is 23.0 Å². The molecule has 0 saturated heterocycles. The van der Waals surface area contributed by atoms with E-state index in [1.54, 1.807) is 43.6 Å². The van der Waals surface area contributed by atoms with Gasteiger partial charge in [0.25, 0.3) is 11.6 Å². The van der Waals surface area contributed by atoms with Gasteiger partial charge in [0.05, 0.1) is 17.8 Å². The molecule has 1 heterocycles. The second kappa shape index (κ2) is 8.53. The molecule has 0 bridgehead atoms. The number of hydrogen-bond donors (Lipinski definition) is 0. The maximum absolute atomic E-state index is 12.6. The second-order valence-corrected chi connectivity index (χ2v) is 6.40. The first-order valence-corrected chi connectivity index (χ1v) is 8.74. The number of carbonyl (C=O) groups is 1. The van der Waals surface area contributed by atoms with Gasteiger partial charge in [0.15, 0.2) is 0 Å². The van der Waals surface area contributed by atoms with Gasteiger partial charge in [0.2, 0.25) is 0 Å². The molecule has 0 aliphatic carbocycles. The third kappa shape index (κ3) is 4.47. The lowest BCUT2D eigenvalue weighted by Gasteiger charge is -2.18. The Bertz CT molecular complexity index is 991. The molecular formula is C19H17ClN4O4. The number of nitro benzene ring substituents is 1. The van der Waals surface area contributed by atoms with Crippen LogP contribution >= 0.6 is 11.6 Å². The lowest BCUT2D eigenvalue weighted by atomic mass is 10.1. The minimum absolute atomic E-state index is 0.174. The molecule has 144 valence electrons. The van der Waals surface area contributed by atoms with Crippen molar-refractivity contribution < 1.29 is 14.5 Å². The Labute approximate surface area is 166 Å². The average Bonchev–Trinajstić information content (AvgIpc) is 3.21. The van der Waals surface area contributed by atoms with E-state index in [1.165, 1.54) is 34.1 Å². The van der Waals surface area contributed by atoms with Crippen LogP contribution in [-0.2, 0) is 0 Å². The molecule has 1 aromatic heterocycles. The minimum Gasteiger partial charge on any atom is -0.492 e. The van der Waals surface area contributed by atoms with E-state index in [0.717, 1.165) is 0 Å². The summed E-state index contributed by atoms with van der Waals surface area (Å²) >= 11 is 5.90. The van der Waals surface area contributed by atoms with Crippen molar-refractivity contribution in [2.24, 2.45) is 0 Å². The van der Waals surface area contributed by atoms with E-state index in [1.807, 2.05) is 0 Å². The molecule has 8 nitrogen and oxygen atoms in total. The monoisotopic (exact) mass is 400 g/mol. The molecule has 0 unspecified atom stereocenters. The van der Waals surface area contributed by atoms with E-state index in [-0.39, 0.29) is 23.8 Å². The van der Waals surface area contributed by atoms with Crippen LogP contribution in [0.1, 0.15) is 10.4 Å². The Morgan fingerprint density at radius 1 is 1.32 bits per heavy atom. The Balaban J connectivity index is 1.69. The Kier molecular flexibility index (Phi) is 5.90. The summed E-state index contributed by atoms with van der Waals surface area (Å²) in [5.74, 6) is 0.267. The average molecular weight is 401 g/mol. The molecule has 0 N–H and O–H groups in total. The van der Waals surface area contributed by atoms with Crippen LogP contribution in [0.4, 0.5) is 5.69 Å². The second-order valence-electron chi connectivity index (χ2n) is 5.96. The third-order valence-electron chi connectivity index (χ3n) is 4.04. The minimum atomic E-state index is -0.519. The number of nitrogens with zero attached hydrogens (tertiary/aromatic N) is 4. The molecule has 0 aliphatic heterocycles. The highest BCUT2D eigenvalue weighted by Gasteiger charge is 2.20. The number of benzene rings is 2. The smallest absolute Gasteiger partial charge is 0.294 e. The topological polar surface area (TPSA) is 90.5 Å². The van der Waals surface area contributed by atoms with Gasteiger partial charge in [-0.1, -0.05) is 17.7 Å². The molecule has 0 saturated carbocycles. The number of hydrogen-bond acceptors (Lipinski definition) is 5. The molecule has 1 amide bonds. The van der Waals surface area contributed by atoms with E-state index < -0.39 is 4.92 Å². The van der Waals surface area contributed by atoms with Crippen molar-refractivity contribution in [3.63, 3.8) is 0 Å². The van der Waals surface area contributed by atoms with Gasteiger partial charge in [0, 0.05) is 36.1 Å². The molecule has 0 fully saturated rings. The van der Waals surface area contributed by atoms with Gasteiger partial charge in [-0.25, -0.2) is 4.98 Å². The molecule has 9 heteroatoms. The van der Waals surface area contributed by atoms with Crippen molar-refractivity contribution in [3.8, 4) is 11.4 Å². The lowest BCUT2D eigenvalue weighted by Crippen LogP contribution is -2.31. The number of rotatable bonds is 7. The molecule has 0 atom stereocenters. The van der Waals surface area contributed by atoms with Gasteiger partial charge in [-0.3, -0.25) is 14.9 Å². The van der Waals surface area contributed by atoms with Crippen LogP contribution < -0.4 is 4.74 Å². The van der Waals surface area contributed by atoms with Gasteiger partial charge in [-0.2, -0.15) is 0 Å². The standard InChI is InChI=1S/C19H17ClN4O4/c1-22(9-10-28-16-4-2-3-15(20)12-16)19(25)14-5-6-17(18(11-14)24(26)27)23-8-7-21-13-23/h2-8,11-13H,9-10H2,1H3. The summed E-state index contributed by atoms with van der Waals surface area (Å²) in [6.45, 7) is 0.570. The quantitative estimate of drug-likeness (QED) is 0.446. The van der Waals surface area contributed by atoms with Gasteiger partial charge < -0.3 is 14.2 Å². The molecule has 3 rings (SSSR count). The summed E-state index contributed by atoms with van der Waals surface area (Å²) in [4.78, 5) is 28.9. The van der Waals surface area contributed by atoms with E-state index >= 15 is 0 Å². The van der Waals surface area contributed by atoms with Crippen LogP contribution in [0.3, 0.4) is 0 Å². The van der Waals surface area contributed by atoms with Crippen molar-refractivity contribution in [2.75, 3.05) is 20.2 Å². The Morgan fingerprint density at radius 2 is 2.14 bits per heavy atom. The Hall–Kier alpha value is -3.39. The van der Waals surface area contributed by atoms with E-state index in [4.69, 9.17) is 16.3 Å². The highest BCUT2D eigenvalue weighted by Crippen LogP contribution is 2.25. The van der Waals surface area contributed by atoms with E-state index in [9.17, 15) is 14.9 Å². The number of imidazole rings is 1. The number of ether oxygens (including phenoxy) is 1. The number of halogens is 1. The predicted molar refractivity (Wildman–Crippen MR) is 104 cm³/mol. The number of carbonyl (C=O) groups excluding carboxylic acids is 1. The van der Waals surface area contributed by atoms with Crippen LogP contribution in [0.25, 0.3) is 5.69 Å². The van der Waals surface area contributed by atoms with Gasteiger partial charge in [-0.05, 0) is 30.3 Å². The van der Waals surface area contributed by atoms with Crippen LogP contribution in [-0.4, -0.2) is 45.5 Å². The van der Waals surface area contributed by atoms with Crippen molar-refractivity contribution in [1.29, 1.82) is 0 Å². The molecule has 0 aliphatic rings. The summed E-state index contributed by atoms with van der Waals surface area (Å²) in [6, 6.07) is 11.3. The van der Waals surface area contributed by atoms with Gasteiger partial charge >= 0.3 is 0 Å². The summed E-state index contributed by atoms with van der Waals surface area (Å²) in [7, 11) is 1.61. The van der Waals surface area contributed by atoms with E-state index in [2.05, 4.69) is 4.98 Å². The van der Waals surface area contributed by atoms with Crippen molar-refractivity contribution >= 4 is 23.2 Å². The van der Waals surface area contributed by atoms with Crippen LogP contribution in [0, 0.1) is 10.1 Å². The number of amides is 1. The zero-order chi connectivity index (χ0) is 20.1. The fourth-order valence-corrected chi connectivity index (χ4v) is 2.78. The number of likely N-dealkylation sites (N-methyl/N-ethyl adjacent to an activating group) is 1. The fourth-order valence-electron chi connectivity index (χ4n) is 2.60. The highest BCUT2D eigenvalue weighted by atomic mass is 35.5. The maximum Gasteiger partial charge on any atom is 0.294 e. The summed E-state index contributed by atoms with van der Waals surface area (Å²) in [5, 5.41) is 12.0. The van der Waals surface area contributed by atoms with Gasteiger partial charge in [0.1, 0.15) is 18.0 Å². The normalized spacial score (nSPS) is 10.5. The summed E-state index contributed by atoms with van der Waals surface area (Å²) in [6.07, 6.45) is 4.59. The zero-order valence-electron chi connectivity index (χ0n) is 15.0. The number of aromatic nitrogens is 2. The summed E-state index contributed by atoms with van der Waals surface area (Å²) in [5.41, 5.74) is 0.388. The van der Waals surface area contributed by atoms with Crippen molar-refractivity contribution in [1.82, 2.24) is 14.5 Å². The molecule has 2 aromatic carbocycles. The highest BCUT2D eigenvalue weighted by molar-refractivity contribution is 6.30. The number of nitro groups is 1. The fraction of sp³-hybridized carbons (Fsp3) is 0.158. The predicted octanol–water partition coefficient (Wildman–Crippen LogP) is 3.58. The zero-order valence-corrected chi connectivity index (χ0v) is 15.7.